The Bertz CT molecular complexity index is 426. The first-order valence-electron chi connectivity index (χ1n) is 6.33. The molecule has 0 amide bonds. The highest BCUT2D eigenvalue weighted by molar-refractivity contribution is 6.31. The predicted molar refractivity (Wildman–Crippen MR) is 75.3 cm³/mol. The SMILES string of the molecule is CCC(CCO)CNCc1c(Cl)cccc1[N+](=O)[O-]. The third-order valence-corrected chi connectivity index (χ3v) is 3.49. The maximum atomic E-state index is 10.9. The summed E-state index contributed by atoms with van der Waals surface area (Å²) in [4.78, 5) is 10.5. The van der Waals surface area contributed by atoms with Gasteiger partial charge in [0.2, 0.25) is 0 Å². The molecule has 0 fully saturated rings. The van der Waals surface area contributed by atoms with Crippen LogP contribution in [0.5, 0.6) is 0 Å². The van der Waals surface area contributed by atoms with Gasteiger partial charge in [0.15, 0.2) is 0 Å². The average Bonchev–Trinajstić information content (AvgIpc) is 2.39. The van der Waals surface area contributed by atoms with E-state index >= 15 is 0 Å². The molecule has 0 bridgehead atoms. The van der Waals surface area contributed by atoms with Crippen molar-refractivity contribution in [2.75, 3.05) is 13.2 Å². The Morgan fingerprint density at radius 3 is 2.84 bits per heavy atom. The number of nitro groups is 1. The zero-order valence-electron chi connectivity index (χ0n) is 10.9. The van der Waals surface area contributed by atoms with Gasteiger partial charge in [-0.2, -0.15) is 0 Å². The monoisotopic (exact) mass is 286 g/mol. The molecule has 6 heteroatoms. The summed E-state index contributed by atoms with van der Waals surface area (Å²) in [7, 11) is 0. The van der Waals surface area contributed by atoms with Crippen LogP contribution in [0.3, 0.4) is 0 Å². The van der Waals surface area contributed by atoms with Gasteiger partial charge in [-0.1, -0.05) is 31.0 Å². The Balaban J connectivity index is 2.64. The largest absolute Gasteiger partial charge is 0.396 e. The normalized spacial score (nSPS) is 12.4. The molecule has 2 N–H and O–H groups in total. The molecule has 0 spiro atoms. The maximum Gasteiger partial charge on any atom is 0.275 e. The van der Waals surface area contributed by atoms with Gasteiger partial charge in [-0.3, -0.25) is 10.1 Å². The first-order valence-corrected chi connectivity index (χ1v) is 6.71. The van der Waals surface area contributed by atoms with E-state index in [1.54, 1.807) is 12.1 Å². The topological polar surface area (TPSA) is 75.4 Å². The van der Waals surface area contributed by atoms with Crippen molar-refractivity contribution in [3.8, 4) is 0 Å². The van der Waals surface area contributed by atoms with Crippen LogP contribution >= 0.6 is 11.6 Å². The first-order chi connectivity index (χ1) is 9.10. The standard InChI is InChI=1S/C13H19ClN2O3/c1-2-10(6-7-17)8-15-9-11-12(14)4-3-5-13(11)16(18)19/h3-5,10,15,17H,2,6-9H2,1H3. The van der Waals surface area contributed by atoms with Crippen LogP contribution in [0, 0.1) is 16.0 Å². The second-order valence-corrected chi connectivity index (χ2v) is 4.82. The smallest absolute Gasteiger partial charge is 0.275 e. The molecule has 1 aromatic carbocycles. The Hall–Kier alpha value is -1.17. The minimum atomic E-state index is -0.423. The fraction of sp³-hybridized carbons (Fsp3) is 0.538. The summed E-state index contributed by atoms with van der Waals surface area (Å²) < 4.78 is 0. The molecule has 1 unspecified atom stereocenters. The third kappa shape index (κ3) is 4.78. The lowest BCUT2D eigenvalue weighted by Gasteiger charge is -2.14. The van der Waals surface area contributed by atoms with Crippen molar-refractivity contribution < 1.29 is 10.0 Å². The van der Waals surface area contributed by atoms with E-state index < -0.39 is 4.92 Å². The van der Waals surface area contributed by atoms with Gasteiger partial charge in [0.25, 0.3) is 5.69 Å². The molecule has 1 atom stereocenters. The molecule has 5 nitrogen and oxygen atoms in total. The van der Waals surface area contributed by atoms with E-state index in [0.717, 1.165) is 12.8 Å². The van der Waals surface area contributed by atoms with Crippen LogP contribution in [-0.2, 0) is 6.54 Å². The molecule has 0 aromatic heterocycles. The van der Waals surface area contributed by atoms with Crippen LogP contribution in [0.4, 0.5) is 5.69 Å². The molecule has 0 aliphatic carbocycles. The summed E-state index contributed by atoms with van der Waals surface area (Å²) in [5.74, 6) is 0.367. The van der Waals surface area contributed by atoms with E-state index in [1.165, 1.54) is 6.07 Å². The summed E-state index contributed by atoms with van der Waals surface area (Å²) >= 11 is 6.00. The fourth-order valence-electron chi connectivity index (χ4n) is 1.93. The van der Waals surface area contributed by atoms with Gasteiger partial charge in [0.05, 0.1) is 15.5 Å². The summed E-state index contributed by atoms with van der Waals surface area (Å²) in [5, 5.41) is 23.4. The molecule has 106 valence electrons. The number of hydrogen-bond acceptors (Lipinski definition) is 4. The highest BCUT2D eigenvalue weighted by Gasteiger charge is 2.16. The minimum Gasteiger partial charge on any atom is -0.396 e. The lowest BCUT2D eigenvalue weighted by molar-refractivity contribution is -0.385. The molecule has 0 aliphatic rings. The van der Waals surface area contributed by atoms with Crippen molar-refractivity contribution in [1.82, 2.24) is 5.32 Å². The molecule has 1 rings (SSSR count). The van der Waals surface area contributed by atoms with E-state index in [0.29, 0.717) is 29.6 Å². The van der Waals surface area contributed by atoms with Gasteiger partial charge < -0.3 is 10.4 Å². The number of nitrogens with zero attached hydrogens (tertiary/aromatic N) is 1. The number of aliphatic hydroxyl groups excluding tert-OH is 1. The molecule has 0 saturated heterocycles. The first kappa shape index (κ1) is 15.9. The summed E-state index contributed by atoms with van der Waals surface area (Å²) in [6.45, 7) is 3.28. The van der Waals surface area contributed by atoms with Gasteiger partial charge in [-0.05, 0) is 24.9 Å². The Labute approximate surface area is 117 Å². The second kappa shape index (κ2) is 8.09. The fourth-order valence-corrected chi connectivity index (χ4v) is 2.16. The van der Waals surface area contributed by atoms with Crippen LogP contribution in [-0.4, -0.2) is 23.2 Å². The Morgan fingerprint density at radius 1 is 1.53 bits per heavy atom. The van der Waals surface area contributed by atoms with E-state index in [-0.39, 0.29) is 12.3 Å². The molecule has 19 heavy (non-hydrogen) atoms. The van der Waals surface area contributed by atoms with Gasteiger partial charge in [-0.25, -0.2) is 0 Å². The Kier molecular flexibility index (Phi) is 6.77. The van der Waals surface area contributed by atoms with Gasteiger partial charge in [0, 0.05) is 19.2 Å². The average molecular weight is 287 g/mol. The van der Waals surface area contributed by atoms with Crippen LogP contribution in [0.15, 0.2) is 18.2 Å². The van der Waals surface area contributed by atoms with Crippen LogP contribution in [0.2, 0.25) is 5.02 Å². The summed E-state index contributed by atoms with van der Waals surface area (Å²) in [6, 6.07) is 4.68. The molecule has 0 heterocycles. The molecule has 1 aromatic rings. The van der Waals surface area contributed by atoms with Crippen molar-refractivity contribution in [2.24, 2.45) is 5.92 Å². The van der Waals surface area contributed by atoms with Crippen molar-refractivity contribution in [3.63, 3.8) is 0 Å². The number of rotatable bonds is 8. The number of benzene rings is 1. The molecular weight excluding hydrogens is 268 g/mol. The number of nitro benzene ring substituents is 1. The van der Waals surface area contributed by atoms with E-state index in [2.05, 4.69) is 12.2 Å². The minimum absolute atomic E-state index is 0.0372. The zero-order chi connectivity index (χ0) is 14.3. The van der Waals surface area contributed by atoms with Crippen molar-refractivity contribution >= 4 is 17.3 Å². The lowest BCUT2D eigenvalue weighted by Crippen LogP contribution is -2.23. The Morgan fingerprint density at radius 2 is 2.26 bits per heavy atom. The highest BCUT2D eigenvalue weighted by Crippen LogP contribution is 2.25. The second-order valence-electron chi connectivity index (χ2n) is 4.41. The third-order valence-electron chi connectivity index (χ3n) is 3.14. The molecule has 0 saturated carbocycles. The van der Waals surface area contributed by atoms with Gasteiger partial charge in [0.1, 0.15) is 0 Å². The predicted octanol–water partition coefficient (Wildman–Crippen LogP) is 2.75. The molecular formula is C13H19ClN2O3. The number of nitrogens with one attached hydrogen (secondary N) is 1. The van der Waals surface area contributed by atoms with E-state index in [1.807, 2.05) is 0 Å². The van der Waals surface area contributed by atoms with E-state index in [9.17, 15) is 10.1 Å². The lowest BCUT2D eigenvalue weighted by atomic mass is 10.0. The quantitative estimate of drug-likeness (QED) is 0.569. The van der Waals surface area contributed by atoms with Crippen LogP contribution < -0.4 is 5.32 Å². The highest BCUT2D eigenvalue weighted by atomic mass is 35.5. The van der Waals surface area contributed by atoms with Crippen molar-refractivity contribution in [3.05, 3.63) is 38.9 Å². The summed E-state index contributed by atoms with van der Waals surface area (Å²) in [6.07, 6.45) is 1.69. The number of hydrogen-bond donors (Lipinski definition) is 2. The molecule has 0 aliphatic heterocycles. The van der Waals surface area contributed by atoms with Crippen molar-refractivity contribution in [1.29, 1.82) is 0 Å². The summed E-state index contributed by atoms with van der Waals surface area (Å²) in [5.41, 5.74) is 0.545. The van der Waals surface area contributed by atoms with Crippen LogP contribution in [0.25, 0.3) is 0 Å². The number of halogens is 1. The zero-order valence-corrected chi connectivity index (χ0v) is 11.7. The van der Waals surface area contributed by atoms with Crippen LogP contribution in [0.1, 0.15) is 25.3 Å². The maximum absolute atomic E-state index is 10.9. The molecule has 0 radical (unpaired) electrons. The van der Waals surface area contributed by atoms with Crippen molar-refractivity contribution in [2.45, 2.75) is 26.3 Å². The van der Waals surface area contributed by atoms with E-state index in [4.69, 9.17) is 16.7 Å². The van der Waals surface area contributed by atoms with Gasteiger partial charge >= 0.3 is 0 Å². The van der Waals surface area contributed by atoms with Gasteiger partial charge in [-0.15, -0.1) is 0 Å². The number of aliphatic hydroxyl groups is 1.